The number of hydrogen-bond acceptors (Lipinski definition) is 1. The Morgan fingerprint density at radius 2 is 1.52 bits per heavy atom. The van der Waals surface area contributed by atoms with Gasteiger partial charge in [-0.2, -0.15) is 32.6 Å². The average molecular weight is 373 g/mol. The molecule has 0 aromatic rings. The zero-order valence-corrected chi connectivity index (χ0v) is 17.2. The van der Waals surface area contributed by atoms with Gasteiger partial charge in [0.2, 0.25) is 0 Å². The third-order valence-electron chi connectivity index (χ3n) is 3.83. The van der Waals surface area contributed by atoms with E-state index in [1.54, 1.807) is 27.8 Å². The average Bonchev–Trinajstić information content (AvgIpc) is 2.59. The van der Waals surface area contributed by atoms with Crippen LogP contribution in [0.25, 0.3) is 0 Å². The van der Waals surface area contributed by atoms with Crippen molar-refractivity contribution in [1.29, 1.82) is 0 Å². The summed E-state index contributed by atoms with van der Waals surface area (Å²) in [4.78, 5) is 0. The molecule has 0 radical (unpaired) electrons. The molecule has 2 heteroatoms. The Hall–Kier alpha value is 0.540. The first-order valence-electron chi connectivity index (χ1n) is 8.88. The van der Waals surface area contributed by atoms with Crippen molar-refractivity contribution in [3.05, 3.63) is 19.8 Å². The molecule has 1 unspecified atom stereocenters. The van der Waals surface area contributed by atoms with Gasteiger partial charge in [0.05, 0.1) is 0 Å². The first-order chi connectivity index (χ1) is 10.2. The fourth-order valence-electron chi connectivity index (χ4n) is 2.07. The van der Waals surface area contributed by atoms with E-state index in [0.717, 1.165) is 5.92 Å². The second-order valence-corrected chi connectivity index (χ2v) is 6.42. The van der Waals surface area contributed by atoms with Gasteiger partial charge in [0.1, 0.15) is 0 Å². The summed E-state index contributed by atoms with van der Waals surface area (Å²) < 4.78 is 4.06. The van der Waals surface area contributed by atoms with Gasteiger partial charge in [-0.05, 0) is 5.92 Å². The van der Waals surface area contributed by atoms with Crippen LogP contribution < -0.4 is 0 Å². The van der Waals surface area contributed by atoms with Crippen LogP contribution in [0.15, 0.2) is 3.34 Å². The predicted molar refractivity (Wildman–Crippen MR) is 92.5 cm³/mol. The third-order valence-corrected chi connectivity index (χ3v) is 4.80. The quantitative estimate of drug-likeness (QED) is 0.368. The molecule has 2 aliphatic rings. The van der Waals surface area contributed by atoms with E-state index >= 15 is 0 Å². The van der Waals surface area contributed by atoms with Crippen LogP contribution in [0, 0.1) is 25.7 Å². The molecule has 0 aromatic carbocycles. The monoisotopic (exact) mass is 373 g/mol. The summed E-state index contributed by atoms with van der Waals surface area (Å²) in [6, 6.07) is 0.582. The van der Waals surface area contributed by atoms with Crippen molar-refractivity contribution in [2.45, 2.75) is 97.9 Å². The van der Waals surface area contributed by atoms with E-state index in [9.17, 15) is 0 Å². The molecule has 2 fully saturated rings. The van der Waals surface area contributed by atoms with Crippen LogP contribution in [-0.4, -0.2) is 6.04 Å². The minimum Gasteiger partial charge on any atom is -0.346 e. The van der Waals surface area contributed by atoms with E-state index in [4.69, 9.17) is 0 Å². The molecule has 2 aliphatic carbocycles. The minimum absolute atomic E-state index is 0.582. The number of nitrogens with zero attached hydrogens (tertiary/aromatic N) is 1. The summed E-state index contributed by atoms with van der Waals surface area (Å²) >= 11 is 1.55. The molecule has 0 bridgehead atoms. The molecule has 1 nitrogen and oxygen atoms in total. The van der Waals surface area contributed by atoms with Gasteiger partial charge >= 0.3 is 50.5 Å². The number of hydrogen-bond donors (Lipinski definition) is 0. The molecule has 127 valence electrons. The first-order valence-corrected chi connectivity index (χ1v) is 9.87. The molecule has 2 rings (SSSR count). The molecular formula is C19H38NNb-3. The van der Waals surface area contributed by atoms with Gasteiger partial charge in [-0.1, -0.05) is 39.0 Å². The summed E-state index contributed by atoms with van der Waals surface area (Å²) in [5, 5.41) is 0. The van der Waals surface area contributed by atoms with Crippen LogP contribution in [0.4, 0.5) is 0 Å². The van der Waals surface area contributed by atoms with E-state index in [0.29, 0.717) is 6.04 Å². The summed E-state index contributed by atoms with van der Waals surface area (Å²) in [5.41, 5.74) is 0. The van der Waals surface area contributed by atoms with Gasteiger partial charge in [0.25, 0.3) is 0 Å². The molecule has 21 heavy (non-hydrogen) atoms. The van der Waals surface area contributed by atoms with Gasteiger partial charge in [-0.25, -0.2) is 0 Å². The van der Waals surface area contributed by atoms with Crippen LogP contribution in [0.5, 0.6) is 0 Å². The topological polar surface area (TPSA) is 12.4 Å². The minimum atomic E-state index is 0.582. The van der Waals surface area contributed by atoms with Crippen LogP contribution in [0.1, 0.15) is 91.9 Å². The van der Waals surface area contributed by atoms with Gasteiger partial charge in [0, 0.05) is 0 Å². The van der Waals surface area contributed by atoms with E-state index in [-0.39, 0.29) is 0 Å². The Morgan fingerprint density at radius 3 is 1.67 bits per heavy atom. The van der Waals surface area contributed by atoms with Crippen molar-refractivity contribution in [3.8, 4) is 0 Å². The smallest absolute Gasteiger partial charge is 0.0582 e. The zero-order chi connectivity index (χ0) is 16.3. The van der Waals surface area contributed by atoms with Crippen molar-refractivity contribution in [1.82, 2.24) is 0 Å². The Balaban J connectivity index is 0. The van der Waals surface area contributed by atoms with Crippen molar-refractivity contribution in [2.75, 3.05) is 0 Å². The maximum Gasteiger partial charge on any atom is -0.0582 e. The SMILES string of the molecule is CC1CC[CH-]CC1.CCC(C)[N]=[Nb].[CH-]1CCCCC1.[CH2-]C. The molecule has 1 atom stereocenters. The molecule has 0 spiro atoms. The van der Waals surface area contributed by atoms with Crippen LogP contribution in [-0.2, 0) is 20.9 Å². The molecule has 0 heterocycles. The molecule has 0 amide bonds. The summed E-state index contributed by atoms with van der Waals surface area (Å²) in [7, 11) is 0. The molecule has 2 saturated carbocycles. The summed E-state index contributed by atoms with van der Waals surface area (Å²) in [6.07, 6.45) is 18.7. The van der Waals surface area contributed by atoms with Gasteiger partial charge in [0.15, 0.2) is 0 Å². The Bertz CT molecular complexity index is 172. The zero-order valence-electron chi connectivity index (χ0n) is 15.0. The molecule has 0 N–H and O–H groups in total. The summed E-state index contributed by atoms with van der Waals surface area (Å²) in [5.74, 6) is 1.00. The van der Waals surface area contributed by atoms with Gasteiger partial charge < -0.3 is 19.8 Å². The Kier molecular flexibility index (Phi) is 23.3. The maximum atomic E-state index is 4.06. The van der Waals surface area contributed by atoms with Crippen LogP contribution in [0.3, 0.4) is 0 Å². The van der Waals surface area contributed by atoms with Crippen LogP contribution >= 0.6 is 0 Å². The van der Waals surface area contributed by atoms with Crippen molar-refractivity contribution in [2.24, 2.45) is 9.26 Å². The van der Waals surface area contributed by atoms with Crippen LogP contribution in [0.2, 0.25) is 0 Å². The van der Waals surface area contributed by atoms with Crippen molar-refractivity contribution < 1.29 is 20.9 Å². The standard InChI is InChI=1S/C7H13.C6H11.C4H9N.C2H5.Nb/c1-7-5-3-2-4-6-7;1-2-4-6-5-3-1;1-3-4(2)5;1-2;/h2,7H,3-6H2,1H3;1H,2-6H2;4H,3H2,1-2H3;1H2,2H3;/q2*-1;;-1;. The van der Waals surface area contributed by atoms with E-state index < -0.39 is 0 Å². The Labute approximate surface area is 147 Å². The second-order valence-electron chi connectivity index (χ2n) is 5.85. The van der Waals surface area contributed by atoms with Gasteiger partial charge in [-0.3, -0.25) is 0 Å². The van der Waals surface area contributed by atoms with E-state index in [1.165, 1.54) is 64.2 Å². The maximum absolute atomic E-state index is 4.06. The summed E-state index contributed by atoms with van der Waals surface area (Å²) in [6.45, 7) is 11.6. The normalized spacial score (nSPS) is 19.4. The fraction of sp³-hybridized carbons (Fsp3) is 0.842. The largest absolute Gasteiger partial charge is 0.346 e. The first kappa shape index (κ1) is 23.8. The van der Waals surface area contributed by atoms with Gasteiger partial charge in [-0.15, -0.1) is 0 Å². The van der Waals surface area contributed by atoms with E-state index in [2.05, 4.69) is 43.9 Å². The third kappa shape index (κ3) is 20.5. The molecule has 0 aromatic heterocycles. The number of rotatable bonds is 2. The molecular weight excluding hydrogens is 335 g/mol. The molecule has 0 aliphatic heterocycles. The fourth-order valence-corrected chi connectivity index (χ4v) is 2.47. The van der Waals surface area contributed by atoms with E-state index in [1.807, 2.05) is 0 Å². The second kappa shape index (κ2) is 20.5. The molecule has 0 saturated heterocycles. The van der Waals surface area contributed by atoms with Crippen molar-refractivity contribution in [3.63, 3.8) is 0 Å². The van der Waals surface area contributed by atoms with Crippen molar-refractivity contribution >= 4 is 0 Å². The Morgan fingerprint density at radius 1 is 1.05 bits per heavy atom. The predicted octanol–water partition coefficient (Wildman–Crippen LogP) is 6.91.